The first-order valence-corrected chi connectivity index (χ1v) is 7.06. The standard InChI is InChI=1S/C15H22N2O4/c1-4-13(16-15(19)9-14(18)10(2)3)11-6-5-7-12(8-11)17(20)21/h5-8,10,13-14,18H,4,9H2,1-3H3,(H,16,19). The summed E-state index contributed by atoms with van der Waals surface area (Å²) in [4.78, 5) is 22.2. The van der Waals surface area contributed by atoms with Crippen LogP contribution >= 0.6 is 0 Å². The molecule has 2 atom stereocenters. The number of carbonyl (C=O) groups excluding carboxylic acids is 1. The van der Waals surface area contributed by atoms with Crippen LogP contribution in [-0.2, 0) is 4.79 Å². The maximum Gasteiger partial charge on any atom is 0.269 e. The molecular weight excluding hydrogens is 272 g/mol. The first kappa shape index (κ1) is 17.1. The topological polar surface area (TPSA) is 92.5 Å². The fourth-order valence-electron chi connectivity index (χ4n) is 1.96. The minimum Gasteiger partial charge on any atom is -0.392 e. The van der Waals surface area contributed by atoms with Gasteiger partial charge in [0.2, 0.25) is 5.91 Å². The van der Waals surface area contributed by atoms with Crippen LogP contribution in [0.15, 0.2) is 24.3 Å². The molecular formula is C15H22N2O4. The summed E-state index contributed by atoms with van der Waals surface area (Å²) in [7, 11) is 0. The van der Waals surface area contributed by atoms with E-state index in [0.29, 0.717) is 12.0 Å². The first-order chi connectivity index (χ1) is 9.85. The summed E-state index contributed by atoms with van der Waals surface area (Å²) in [5, 5.41) is 23.3. The molecule has 0 saturated heterocycles. The maximum atomic E-state index is 11.9. The minimum absolute atomic E-state index is 0.00224. The summed E-state index contributed by atoms with van der Waals surface area (Å²) in [5.41, 5.74) is 0.696. The van der Waals surface area contributed by atoms with Crippen molar-refractivity contribution in [1.82, 2.24) is 5.32 Å². The molecule has 2 N–H and O–H groups in total. The average Bonchev–Trinajstić information content (AvgIpc) is 2.44. The summed E-state index contributed by atoms with van der Waals surface area (Å²) in [6.07, 6.45) is -0.0408. The number of amides is 1. The van der Waals surface area contributed by atoms with Gasteiger partial charge in [0.25, 0.3) is 5.69 Å². The monoisotopic (exact) mass is 294 g/mol. The Balaban J connectivity index is 2.77. The highest BCUT2D eigenvalue weighted by atomic mass is 16.6. The van der Waals surface area contributed by atoms with Crippen LogP contribution in [-0.4, -0.2) is 22.0 Å². The fraction of sp³-hybridized carbons (Fsp3) is 0.533. The van der Waals surface area contributed by atoms with Gasteiger partial charge in [-0.1, -0.05) is 32.9 Å². The second kappa shape index (κ2) is 7.73. The van der Waals surface area contributed by atoms with Crippen molar-refractivity contribution in [1.29, 1.82) is 0 Å². The molecule has 2 unspecified atom stereocenters. The smallest absolute Gasteiger partial charge is 0.269 e. The van der Waals surface area contributed by atoms with Crippen LogP contribution in [0, 0.1) is 16.0 Å². The number of nitro groups is 1. The Morgan fingerprint density at radius 3 is 2.62 bits per heavy atom. The number of nitrogens with zero attached hydrogens (tertiary/aromatic N) is 1. The van der Waals surface area contributed by atoms with Gasteiger partial charge < -0.3 is 10.4 Å². The second-order valence-corrected chi connectivity index (χ2v) is 5.40. The molecule has 1 aromatic rings. The molecule has 1 amide bonds. The largest absolute Gasteiger partial charge is 0.392 e. The third-order valence-corrected chi connectivity index (χ3v) is 3.39. The molecule has 0 aliphatic rings. The maximum absolute atomic E-state index is 11.9. The number of hydrogen-bond acceptors (Lipinski definition) is 4. The Labute approximate surface area is 124 Å². The minimum atomic E-state index is -0.687. The lowest BCUT2D eigenvalue weighted by Gasteiger charge is -2.19. The Hall–Kier alpha value is -1.95. The van der Waals surface area contributed by atoms with Crippen molar-refractivity contribution in [2.75, 3.05) is 0 Å². The van der Waals surface area contributed by atoms with E-state index in [9.17, 15) is 20.0 Å². The summed E-state index contributed by atoms with van der Waals surface area (Å²) in [6, 6.07) is 5.94. The third-order valence-electron chi connectivity index (χ3n) is 3.39. The molecule has 0 spiro atoms. The molecule has 1 rings (SSSR count). The number of hydrogen-bond donors (Lipinski definition) is 2. The van der Waals surface area contributed by atoms with Crippen molar-refractivity contribution in [2.24, 2.45) is 5.92 Å². The highest BCUT2D eigenvalue weighted by molar-refractivity contribution is 5.77. The summed E-state index contributed by atoms with van der Waals surface area (Å²) in [6.45, 7) is 5.58. The van der Waals surface area contributed by atoms with E-state index in [1.807, 2.05) is 20.8 Å². The molecule has 116 valence electrons. The highest BCUT2D eigenvalue weighted by Gasteiger charge is 2.19. The van der Waals surface area contributed by atoms with Crippen molar-refractivity contribution < 1.29 is 14.8 Å². The number of carbonyl (C=O) groups is 1. The summed E-state index contributed by atoms with van der Waals surface area (Å²) >= 11 is 0. The van der Waals surface area contributed by atoms with Crippen LogP contribution in [0.25, 0.3) is 0 Å². The molecule has 0 bridgehead atoms. The molecule has 0 aromatic heterocycles. The lowest BCUT2D eigenvalue weighted by atomic mass is 10.0. The van der Waals surface area contributed by atoms with Crippen molar-refractivity contribution in [3.63, 3.8) is 0 Å². The molecule has 0 fully saturated rings. The Bertz CT molecular complexity index is 502. The van der Waals surface area contributed by atoms with Crippen molar-refractivity contribution >= 4 is 11.6 Å². The normalized spacial score (nSPS) is 13.8. The zero-order chi connectivity index (χ0) is 16.0. The Morgan fingerprint density at radius 1 is 1.43 bits per heavy atom. The number of rotatable bonds is 7. The number of aliphatic hydroxyl groups is 1. The van der Waals surface area contributed by atoms with Crippen molar-refractivity contribution in [2.45, 2.75) is 45.8 Å². The molecule has 0 radical (unpaired) electrons. The van der Waals surface area contributed by atoms with Crippen LogP contribution in [0.2, 0.25) is 0 Å². The van der Waals surface area contributed by atoms with Gasteiger partial charge in [0, 0.05) is 12.1 Å². The molecule has 0 aliphatic carbocycles. The van der Waals surface area contributed by atoms with Gasteiger partial charge >= 0.3 is 0 Å². The molecule has 6 nitrogen and oxygen atoms in total. The van der Waals surface area contributed by atoms with Crippen molar-refractivity contribution in [3.8, 4) is 0 Å². The predicted molar refractivity (Wildman–Crippen MR) is 79.7 cm³/mol. The second-order valence-electron chi connectivity index (χ2n) is 5.40. The van der Waals surface area contributed by atoms with Crippen LogP contribution in [0.5, 0.6) is 0 Å². The van der Waals surface area contributed by atoms with Crippen LogP contribution in [0.4, 0.5) is 5.69 Å². The van der Waals surface area contributed by atoms with E-state index in [4.69, 9.17) is 0 Å². The highest BCUT2D eigenvalue weighted by Crippen LogP contribution is 2.22. The molecule has 0 heterocycles. The lowest BCUT2D eigenvalue weighted by molar-refractivity contribution is -0.384. The summed E-state index contributed by atoms with van der Waals surface area (Å²) < 4.78 is 0. The van der Waals surface area contributed by atoms with E-state index in [0.717, 1.165) is 0 Å². The van der Waals surface area contributed by atoms with Gasteiger partial charge in [-0.2, -0.15) is 0 Å². The van der Waals surface area contributed by atoms with Gasteiger partial charge in [0.05, 0.1) is 23.5 Å². The average molecular weight is 294 g/mol. The quantitative estimate of drug-likeness (QED) is 0.597. The van der Waals surface area contributed by atoms with E-state index in [1.165, 1.54) is 12.1 Å². The first-order valence-electron chi connectivity index (χ1n) is 7.06. The number of nitrogens with one attached hydrogen (secondary N) is 1. The Kier molecular flexibility index (Phi) is 6.30. The van der Waals surface area contributed by atoms with E-state index in [-0.39, 0.29) is 30.0 Å². The van der Waals surface area contributed by atoms with Crippen LogP contribution in [0.1, 0.15) is 45.2 Å². The third kappa shape index (κ3) is 5.15. The van der Waals surface area contributed by atoms with Gasteiger partial charge in [0.15, 0.2) is 0 Å². The van der Waals surface area contributed by atoms with E-state index >= 15 is 0 Å². The molecule has 1 aromatic carbocycles. The number of aliphatic hydroxyl groups excluding tert-OH is 1. The lowest BCUT2D eigenvalue weighted by Crippen LogP contribution is -2.32. The van der Waals surface area contributed by atoms with Gasteiger partial charge in [-0.3, -0.25) is 14.9 Å². The van der Waals surface area contributed by atoms with E-state index < -0.39 is 11.0 Å². The van der Waals surface area contributed by atoms with Gasteiger partial charge in [0.1, 0.15) is 0 Å². The molecule has 6 heteroatoms. The summed E-state index contributed by atoms with van der Waals surface area (Å²) in [5.74, 6) is -0.247. The van der Waals surface area contributed by atoms with Gasteiger partial charge in [-0.05, 0) is 17.9 Å². The SMILES string of the molecule is CCC(NC(=O)CC(O)C(C)C)c1cccc([N+](=O)[O-])c1. The fourth-order valence-corrected chi connectivity index (χ4v) is 1.96. The van der Waals surface area contributed by atoms with Crippen LogP contribution in [0.3, 0.4) is 0 Å². The molecule has 0 saturated carbocycles. The molecule has 0 aliphatic heterocycles. The van der Waals surface area contributed by atoms with Crippen molar-refractivity contribution in [3.05, 3.63) is 39.9 Å². The van der Waals surface area contributed by atoms with E-state index in [1.54, 1.807) is 12.1 Å². The number of nitro benzene ring substituents is 1. The molecule has 21 heavy (non-hydrogen) atoms. The number of benzene rings is 1. The Morgan fingerprint density at radius 2 is 2.10 bits per heavy atom. The van der Waals surface area contributed by atoms with Crippen LogP contribution < -0.4 is 5.32 Å². The van der Waals surface area contributed by atoms with Gasteiger partial charge in [-0.15, -0.1) is 0 Å². The zero-order valence-corrected chi connectivity index (χ0v) is 12.6. The van der Waals surface area contributed by atoms with Gasteiger partial charge in [-0.25, -0.2) is 0 Å². The van der Waals surface area contributed by atoms with E-state index in [2.05, 4.69) is 5.32 Å². The predicted octanol–water partition coefficient (Wildman–Crippen LogP) is 2.57. The zero-order valence-electron chi connectivity index (χ0n) is 12.6. The number of non-ortho nitro benzene ring substituents is 1.